The number of alkyl halides is 5. The van der Waals surface area contributed by atoms with Crippen LogP contribution in [0.25, 0.3) is 0 Å². The highest BCUT2D eigenvalue weighted by Crippen LogP contribution is 2.70. The topological polar surface area (TPSA) is 77.9 Å². The molecule has 1 aliphatic heterocycles. The molecule has 3 fully saturated rings. The molecule has 238 valence electrons. The fraction of sp³-hybridized carbons (Fsp3) is 0.606. The van der Waals surface area contributed by atoms with Crippen molar-refractivity contribution in [1.29, 1.82) is 0 Å². The van der Waals surface area contributed by atoms with E-state index in [-0.39, 0.29) is 36.4 Å². The van der Waals surface area contributed by atoms with Gasteiger partial charge in [-0.3, -0.25) is 14.4 Å². The number of ketones is 1. The Labute approximate surface area is 253 Å². The van der Waals surface area contributed by atoms with Crippen LogP contribution >= 0.6 is 0 Å². The van der Waals surface area contributed by atoms with Gasteiger partial charge in [-0.15, -0.1) is 0 Å². The molecule has 1 saturated heterocycles. The average Bonchev–Trinajstić information content (AvgIpc) is 3.27. The summed E-state index contributed by atoms with van der Waals surface area (Å²) in [6.45, 7) is 4.53. The summed E-state index contributed by atoms with van der Waals surface area (Å²) in [5.74, 6) is -6.98. The van der Waals surface area contributed by atoms with Crippen LogP contribution in [0.2, 0.25) is 0 Å². The Bertz CT molecular complexity index is 1440. The van der Waals surface area contributed by atoms with E-state index in [2.05, 4.69) is 0 Å². The van der Waals surface area contributed by atoms with Gasteiger partial charge in [-0.1, -0.05) is 24.6 Å². The van der Waals surface area contributed by atoms with Gasteiger partial charge in [0.05, 0.1) is 0 Å². The molecule has 1 aromatic rings. The van der Waals surface area contributed by atoms with Gasteiger partial charge in [-0.2, -0.15) is 22.0 Å². The Morgan fingerprint density at radius 2 is 1.57 bits per heavy atom. The Kier molecular flexibility index (Phi) is 7.37. The summed E-state index contributed by atoms with van der Waals surface area (Å²) >= 11 is 0. The number of hydrogen-bond acceptors (Lipinski definition) is 4. The number of halogens is 5. The highest BCUT2D eigenvalue weighted by Gasteiger charge is 2.79. The Hall–Kier alpha value is -3.08. The first kappa shape index (κ1) is 30.9. The molecular formula is C33H37F5N2O4. The van der Waals surface area contributed by atoms with Gasteiger partial charge in [-0.25, -0.2) is 0 Å². The van der Waals surface area contributed by atoms with Gasteiger partial charge >= 0.3 is 12.1 Å². The number of amides is 2. The van der Waals surface area contributed by atoms with Crippen molar-refractivity contribution in [2.75, 3.05) is 26.2 Å². The molecule has 1 aromatic carbocycles. The summed E-state index contributed by atoms with van der Waals surface area (Å²) in [7, 11) is 0. The third-order valence-electron chi connectivity index (χ3n) is 11.3. The lowest BCUT2D eigenvalue weighted by atomic mass is 9.50. The molecule has 6 nitrogen and oxygen atoms in total. The van der Waals surface area contributed by atoms with Gasteiger partial charge in [0.2, 0.25) is 5.91 Å². The third kappa shape index (κ3) is 4.55. The lowest BCUT2D eigenvalue weighted by Gasteiger charge is -2.56. The number of carbonyl (C=O) groups is 3. The summed E-state index contributed by atoms with van der Waals surface area (Å²) in [5.41, 5.74) is -1.03. The maximum absolute atomic E-state index is 15.2. The van der Waals surface area contributed by atoms with Crippen LogP contribution in [0.3, 0.4) is 0 Å². The maximum atomic E-state index is 15.2. The Morgan fingerprint density at radius 3 is 2.18 bits per heavy atom. The molecule has 44 heavy (non-hydrogen) atoms. The fourth-order valence-electron chi connectivity index (χ4n) is 8.98. The molecule has 1 heterocycles. The van der Waals surface area contributed by atoms with Gasteiger partial charge in [0.15, 0.2) is 5.78 Å². The number of piperazine rings is 1. The predicted molar refractivity (Wildman–Crippen MR) is 151 cm³/mol. The van der Waals surface area contributed by atoms with Crippen LogP contribution < -0.4 is 0 Å². The second-order valence-corrected chi connectivity index (χ2v) is 13.4. The van der Waals surface area contributed by atoms with Crippen molar-refractivity contribution in [3.05, 3.63) is 58.2 Å². The molecule has 5 aliphatic rings. The normalized spacial score (nSPS) is 32.6. The zero-order valence-electron chi connectivity index (χ0n) is 24.9. The van der Waals surface area contributed by atoms with E-state index >= 15 is 8.78 Å². The maximum Gasteiger partial charge on any atom is 0.456 e. The lowest BCUT2D eigenvalue weighted by Crippen LogP contribution is -2.65. The molecule has 2 saturated carbocycles. The number of rotatable bonds is 3. The van der Waals surface area contributed by atoms with Gasteiger partial charge in [-0.05, 0) is 85.3 Å². The molecule has 6 rings (SSSR count). The molecule has 0 unspecified atom stereocenters. The van der Waals surface area contributed by atoms with Crippen LogP contribution in [0.1, 0.15) is 80.6 Å². The quantitative estimate of drug-likeness (QED) is 0.433. The third-order valence-corrected chi connectivity index (χ3v) is 11.3. The predicted octanol–water partition coefficient (Wildman–Crippen LogP) is 5.82. The monoisotopic (exact) mass is 620 g/mol. The molecule has 5 atom stereocenters. The summed E-state index contributed by atoms with van der Waals surface area (Å²) < 4.78 is 71.8. The second-order valence-electron chi connectivity index (χ2n) is 13.4. The van der Waals surface area contributed by atoms with Crippen LogP contribution in [0.15, 0.2) is 47.1 Å². The fourth-order valence-corrected chi connectivity index (χ4v) is 8.98. The highest BCUT2D eigenvalue weighted by atomic mass is 19.4. The first-order valence-electron chi connectivity index (χ1n) is 15.4. The number of benzene rings is 1. The van der Waals surface area contributed by atoms with E-state index in [9.17, 15) is 32.7 Å². The Morgan fingerprint density at radius 1 is 0.932 bits per heavy atom. The number of fused-ring (bicyclic) bond motifs is 4. The molecule has 0 aromatic heterocycles. The van der Waals surface area contributed by atoms with E-state index in [1.807, 2.05) is 0 Å². The van der Waals surface area contributed by atoms with E-state index in [1.165, 1.54) is 13.8 Å². The molecular weight excluding hydrogens is 583 g/mol. The first-order chi connectivity index (χ1) is 20.6. The van der Waals surface area contributed by atoms with Crippen molar-refractivity contribution in [1.82, 2.24) is 9.80 Å². The van der Waals surface area contributed by atoms with Gasteiger partial charge in [0.25, 0.3) is 5.91 Å². The van der Waals surface area contributed by atoms with Crippen LogP contribution in [0, 0.1) is 17.3 Å². The van der Waals surface area contributed by atoms with Crippen LogP contribution in [-0.2, 0) is 9.59 Å². The van der Waals surface area contributed by atoms with Gasteiger partial charge in [0.1, 0.15) is 5.60 Å². The number of nitrogens with zero attached hydrogens (tertiary/aromatic N) is 2. The SMILES string of the molecule is CC(=O)N1CCN(C(=O)c2ccc([C@H]3C[C@@]4(C)[C@@H](CC[C@@]4(O)C(F)(F)C(F)(F)F)[C@@H]4CCC5=CC(=O)CCC5=C43)cc2)CC1. The summed E-state index contributed by atoms with van der Waals surface area (Å²) in [4.78, 5) is 40.5. The minimum atomic E-state index is -5.90. The lowest BCUT2D eigenvalue weighted by molar-refractivity contribution is -0.362. The first-order valence-corrected chi connectivity index (χ1v) is 15.4. The van der Waals surface area contributed by atoms with Gasteiger partial charge in [0, 0.05) is 56.4 Å². The number of hydrogen-bond donors (Lipinski definition) is 1. The number of allylic oxidation sites excluding steroid dienone is 4. The van der Waals surface area contributed by atoms with E-state index in [1.54, 1.807) is 40.1 Å². The molecule has 0 spiro atoms. The minimum absolute atomic E-state index is 0.0204. The molecule has 2 amide bonds. The van der Waals surface area contributed by atoms with Crippen LogP contribution in [0.5, 0.6) is 0 Å². The van der Waals surface area contributed by atoms with Crippen molar-refractivity contribution in [2.24, 2.45) is 17.3 Å². The molecule has 0 bridgehead atoms. The number of carbonyl (C=O) groups excluding carboxylic acids is 3. The van der Waals surface area contributed by atoms with Crippen molar-refractivity contribution in [2.45, 2.75) is 82.4 Å². The standard InChI is InChI=1S/C33H37F5N2O4/c1-19(41)39-13-15-40(16-14-39)29(43)21-5-3-20(4-6-21)26-18-30(2)27(11-12-31(30,44)32(34,35)33(36,37)38)25-9-7-22-17-23(42)8-10-24(22)28(25)26/h3-6,17,25-27,44H,7-16,18H2,1-2H3/t25-,26+,27-,30-,31-/m0/s1. The summed E-state index contributed by atoms with van der Waals surface area (Å²) in [6, 6.07) is 6.78. The molecule has 1 N–H and O–H groups in total. The molecule has 4 aliphatic carbocycles. The summed E-state index contributed by atoms with van der Waals surface area (Å²) in [5, 5.41) is 11.4. The van der Waals surface area contributed by atoms with Crippen molar-refractivity contribution in [3.8, 4) is 0 Å². The van der Waals surface area contributed by atoms with Crippen molar-refractivity contribution < 1.29 is 41.4 Å². The van der Waals surface area contributed by atoms with E-state index < -0.39 is 41.4 Å². The molecule has 11 heteroatoms. The minimum Gasteiger partial charge on any atom is -0.383 e. The van der Waals surface area contributed by atoms with Crippen molar-refractivity contribution >= 4 is 17.6 Å². The van der Waals surface area contributed by atoms with E-state index in [4.69, 9.17) is 0 Å². The zero-order chi connectivity index (χ0) is 31.8. The Balaban J connectivity index is 1.38. The number of aliphatic hydroxyl groups is 1. The zero-order valence-corrected chi connectivity index (χ0v) is 24.9. The second kappa shape index (κ2) is 10.5. The summed E-state index contributed by atoms with van der Waals surface area (Å²) in [6.07, 6.45) is -3.14. The average molecular weight is 621 g/mol. The van der Waals surface area contributed by atoms with Crippen LogP contribution in [0.4, 0.5) is 22.0 Å². The largest absolute Gasteiger partial charge is 0.456 e. The van der Waals surface area contributed by atoms with E-state index in [0.29, 0.717) is 63.0 Å². The highest BCUT2D eigenvalue weighted by molar-refractivity contribution is 5.94. The van der Waals surface area contributed by atoms with Crippen molar-refractivity contribution in [3.63, 3.8) is 0 Å². The smallest absolute Gasteiger partial charge is 0.383 e. The van der Waals surface area contributed by atoms with Gasteiger partial charge < -0.3 is 14.9 Å². The molecule has 0 radical (unpaired) electrons. The van der Waals surface area contributed by atoms with E-state index in [0.717, 1.165) is 16.7 Å². The van der Waals surface area contributed by atoms with Crippen LogP contribution in [-0.4, -0.2) is 76.4 Å².